The summed E-state index contributed by atoms with van der Waals surface area (Å²) >= 11 is 0. The number of amides is 1. The van der Waals surface area contributed by atoms with Gasteiger partial charge in [0.2, 0.25) is 5.91 Å². The van der Waals surface area contributed by atoms with Gasteiger partial charge in [-0.15, -0.1) is 0 Å². The Morgan fingerprint density at radius 3 is 2.00 bits per heavy atom. The highest BCUT2D eigenvalue weighted by Gasteiger charge is 2.04. The van der Waals surface area contributed by atoms with Crippen LogP contribution in [0.4, 0.5) is 22.7 Å². The van der Waals surface area contributed by atoms with E-state index >= 15 is 0 Å². The first-order valence-corrected chi connectivity index (χ1v) is 7.03. The molecule has 2 rings (SSSR count). The first kappa shape index (κ1) is 16.2. The van der Waals surface area contributed by atoms with Gasteiger partial charge in [0.05, 0.1) is 22.7 Å². The molecule has 0 aliphatic heterocycles. The summed E-state index contributed by atoms with van der Waals surface area (Å²) in [5.74, 6) is -0.515. The second kappa shape index (κ2) is 7.17. The summed E-state index contributed by atoms with van der Waals surface area (Å²) in [6.45, 7) is 1.19. The van der Waals surface area contributed by atoms with E-state index in [1.807, 2.05) is 0 Å². The highest BCUT2D eigenvalue weighted by molar-refractivity contribution is 5.94. The van der Waals surface area contributed by atoms with Crippen molar-refractivity contribution >= 4 is 34.9 Å². The van der Waals surface area contributed by atoms with Crippen LogP contribution in [0.3, 0.4) is 0 Å². The van der Waals surface area contributed by atoms with Gasteiger partial charge in [0, 0.05) is 24.2 Å². The molecule has 8 N–H and O–H groups in total. The average Bonchev–Trinajstić information content (AvgIpc) is 2.53. The molecular formula is C16H19N5O2. The lowest BCUT2D eigenvalue weighted by atomic mass is 10.1. The number of anilines is 4. The molecule has 0 spiro atoms. The molecule has 0 aromatic heterocycles. The number of nitrogen functional groups attached to an aromatic ring is 2. The van der Waals surface area contributed by atoms with E-state index in [2.05, 4.69) is 10.6 Å². The van der Waals surface area contributed by atoms with Crippen molar-refractivity contribution in [1.29, 1.82) is 0 Å². The molecule has 2 aromatic rings. The van der Waals surface area contributed by atoms with Gasteiger partial charge >= 0.3 is 0 Å². The third-order valence-corrected chi connectivity index (χ3v) is 3.30. The lowest BCUT2D eigenvalue weighted by Gasteiger charge is -2.12. The van der Waals surface area contributed by atoms with Gasteiger partial charge in [0.1, 0.15) is 6.29 Å². The molecule has 0 saturated carbocycles. The maximum Gasteiger partial charge on any atom is 0.248 e. The van der Waals surface area contributed by atoms with Gasteiger partial charge in [-0.05, 0) is 36.4 Å². The summed E-state index contributed by atoms with van der Waals surface area (Å²) in [7, 11) is 0. The molecule has 0 atom stereocenters. The first-order valence-electron chi connectivity index (χ1n) is 7.03. The Balaban J connectivity index is 1.88. The summed E-state index contributed by atoms with van der Waals surface area (Å²) in [5, 5.41) is 6.32. The minimum absolute atomic E-state index is 0.370. The molecule has 0 fully saturated rings. The minimum atomic E-state index is -0.515. The van der Waals surface area contributed by atoms with E-state index in [4.69, 9.17) is 17.2 Å². The number of hydrogen-bond donors (Lipinski definition) is 5. The van der Waals surface area contributed by atoms with Gasteiger partial charge in [-0.25, -0.2) is 0 Å². The number of carbonyl (C=O) groups is 2. The minimum Gasteiger partial charge on any atom is -0.397 e. The largest absolute Gasteiger partial charge is 0.397 e. The maximum absolute atomic E-state index is 11.1. The highest BCUT2D eigenvalue weighted by atomic mass is 16.1. The second-order valence-electron chi connectivity index (χ2n) is 4.98. The van der Waals surface area contributed by atoms with E-state index in [0.717, 1.165) is 17.7 Å². The van der Waals surface area contributed by atoms with E-state index in [1.165, 1.54) is 6.07 Å². The van der Waals surface area contributed by atoms with Crippen molar-refractivity contribution in [2.75, 3.05) is 35.2 Å². The number of rotatable bonds is 7. The van der Waals surface area contributed by atoms with Crippen molar-refractivity contribution in [1.82, 2.24) is 0 Å². The lowest BCUT2D eigenvalue weighted by Crippen LogP contribution is -2.16. The Morgan fingerprint density at radius 1 is 0.957 bits per heavy atom. The molecule has 0 heterocycles. The predicted octanol–water partition coefficient (Wildman–Crippen LogP) is 1.29. The van der Waals surface area contributed by atoms with Gasteiger partial charge < -0.3 is 27.8 Å². The van der Waals surface area contributed by atoms with E-state index in [0.29, 0.717) is 35.6 Å². The molecule has 0 radical (unpaired) electrons. The summed E-state index contributed by atoms with van der Waals surface area (Å²) < 4.78 is 0. The average molecular weight is 313 g/mol. The fourth-order valence-corrected chi connectivity index (χ4v) is 2.09. The number of benzene rings is 2. The van der Waals surface area contributed by atoms with Crippen LogP contribution in [-0.2, 0) is 0 Å². The third-order valence-electron chi connectivity index (χ3n) is 3.30. The van der Waals surface area contributed by atoms with Crippen molar-refractivity contribution in [2.45, 2.75) is 0 Å². The van der Waals surface area contributed by atoms with E-state index < -0.39 is 5.91 Å². The normalized spacial score (nSPS) is 10.1. The van der Waals surface area contributed by atoms with Crippen molar-refractivity contribution in [3.63, 3.8) is 0 Å². The first-order chi connectivity index (χ1) is 11.0. The number of primary amides is 1. The van der Waals surface area contributed by atoms with Crippen molar-refractivity contribution in [2.24, 2.45) is 5.73 Å². The Morgan fingerprint density at radius 2 is 1.52 bits per heavy atom. The maximum atomic E-state index is 11.1. The molecule has 0 aliphatic rings. The van der Waals surface area contributed by atoms with Gasteiger partial charge in [-0.2, -0.15) is 0 Å². The Kier molecular flexibility index (Phi) is 5.03. The molecule has 23 heavy (non-hydrogen) atoms. The fraction of sp³-hybridized carbons (Fsp3) is 0.125. The van der Waals surface area contributed by atoms with Gasteiger partial charge in [0.15, 0.2) is 0 Å². The Bertz CT molecular complexity index is 730. The van der Waals surface area contributed by atoms with Crippen LogP contribution in [0.2, 0.25) is 0 Å². The molecule has 1 amide bonds. The smallest absolute Gasteiger partial charge is 0.248 e. The van der Waals surface area contributed by atoms with Crippen molar-refractivity contribution in [3.05, 3.63) is 47.5 Å². The zero-order valence-electron chi connectivity index (χ0n) is 12.5. The number of nitrogens with one attached hydrogen (secondary N) is 2. The molecule has 0 saturated heterocycles. The number of carbonyl (C=O) groups excluding carboxylic acids is 2. The second-order valence-corrected chi connectivity index (χ2v) is 4.98. The Labute approximate surface area is 133 Å². The monoisotopic (exact) mass is 313 g/mol. The summed E-state index contributed by atoms with van der Waals surface area (Å²) in [4.78, 5) is 21.7. The van der Waals surface area contributed by atoms with E-state index in [9.17, 15) is 9.59 Å². The zero-order valence-corrected chi connectivity index (χ0v) is 12.5. The highest BCUT2D eigenvalue weighted by Crippen LogP contribution is 2.20. The molecule has 0 aliphatic carbocycles. The molecule has 2 aromatic carbocycles. The van der Waals surface area contributed by atoms with Crippen LogP contribution in [0.1, 0.15) is 20.7 Å². The number of nitrogens with two attached hydrogens (primary N) is 3. The molecule has 0 bridgehead atoms. The van der Waals surface area contributed by atoms with Crippen LogP contribution in [0.25, 0.3) is 0 Å². The molecule has 7 heteroatoms. The van der Waals surface area contributed by atoms with Crippen LogP contribution in [-0.4, -0.2) is 25.3 Å². The molecular weight excluding hydrogens is 294 g/mol. The summed E-state index contributed by atoms with van der Waals surface area (Å²) in [6, 6.07) is 9.93. The van der Waals surface area contributed by atoms with Gasteiger partial charge in [-0.3, -0.25) is 9.59 Å². The zero-order chi connectivity index (χ0) is 16.8. The summed E-state index contributed by atoms with van der Waals surface area (Å²) in [6.07, 6.45) is 0.750. The van der Waals surface area contributed by atoms with Crippen LogP contribution in [0.5, 0.6) is 0 Å². The SMILES string of the molecule is NC(=O)c1ccc(NCCNc2ccc(C=O)cc2N)c(N)c1. The Hall–Kier alpha value is -3.22. The van der Waals surface area contributed by atoms with Crippen LogP contribution in [0, 0.1) is 0 Å². The lowest BCUT2D eigenvalue weighted by molar-refractivity contribution is 0.1000. The topological polar surface area (TPSA) is 136 Å². The van der Waals surface area contributed by atoms with E-state index in [-0.39, 0.29) is 0 Å². The predicted molar refractivity (Wildman–Crippen MR) is 92.6 cm³/mol. The molecule has 0 unspecified atom stereocenters. The van der Waals surface area contributed by atoms with E-state index in [1.54, 1.807) is 30.3 Å². The third kappa shape index (κ3) is 4.13. The van der Waals surface area contributed by atoms with Crippen LogP contribution in [0.15, 0.2) is 36.4 Å². The quantitative estimate of drug-likeness (QED) is 0.297. The van der Waals surface area contributed by atoms with Crippen molar-refractivity contribution < 1.29 is 9.59 Å². The van der Waals surface area contributed by atoms with Gasteiger partial charge in [0.25, 0.3) is 0 Å². The van der Waals surface area contributed by atoms with Gasteiger partial charge in [-0.1, -0.05) is 0 Å². The fourth-order valence-electron chi connectivity index (χ4n) is 2.09. The van der Waals surface area contributed by atoms with Crippen LogP contribution < -0.4 is 27.8 Å². The standard InChI is InChI=1S/C16H19N5O2/c17-12-7-10(9-22)1-3-14(12)20-5-6-21-15-4-2-11(16(19)23)8-13(15)18/h1-4,7-9,20-21H,5-6,17-18H2,(H2,19,23). The number of hydrogen-bond acceptors (Lipinski definition) is 6. The molecule has 120 valence electrons. The van der Waals surface area contributed by atoms with Crippen LogP contribution >= 0.6 is 0 Å². The molecule has 7 nitrogen and oxygen atoms in total. The summed E-state index contributed by atoms with van der Waals surface area (Å²) in [5.41, 5.74) is 20.3. The van der Waals surface area contributed by atoms with Crippen molar-refractivity contribution in [3.8, 4) is 0 Å². The number of aldehydes is 1.